The van der Waals surface area contributed by atoms with Crippen molar-refractivity contribution in [3.8, 4) is 0 Å². The first-order valence-electron chi connectivity index (χ1n) is 6.63. The van der Waals surface area contributed by atoms with E-state index in [-0.39, 0.29) is 17.9 Å². The lowest BCUT2D eigenvalue weighted by Gasteiger charge is -2.20. The average molecular weight is 255 g/mol. The van der Waals surface area contributed by atoms with Crippen LogP contribution in [-0.2, 0) is 9.59 Å². The van der Waals surface area contributed by atoms with E-state index in [9.17, 15) is 9.59 Å². The fourth-order valence-corrected chi connectivity index (χ4v) is 2.49. The molecule has 2 atom stereocenters. The van der Waals surface area contributed by atoms with E-state index in [0.29, 0.717) is 19.0 Å². The fraction of sp³-hybridized carbons (Fsp3) is 0.846. The number of hydrogen-bond donors (Lipinski definition) is 1. The normalized spacial score (nSPS) is 23.5. The third-order valence-corrected chi connectivity index (χ3v) is 3.35. The first-order valence-corrected chi connectivity index (χ1v) is 6.63. The minimum absolute atomic E-state index is 0.0384. The molecule has 0 aliphatic carbocycles. The lowest BCUT2D eigenvalue weighted by Crippen LogP contribution is -2.44. The van der Waals surface area contributed by atoms with Gasteiger partial charge in [0.1, 0.15) is 0 Å². The zero-order valence-electron chi connectivity index (χ0n) is 11.9. The van der Waals surface area contributed by atoms with E-state index in [4.69, 9.17) is 0 Å². The van der Waals surface area contributed by atoms with Crippen LogP contribution < -0.4 is 5.32 Å². The highest BCUT2D eigenvalue weighted by Gasteiger charge is 2.34. The van der Waals surface area contributed by atoms with Gasteiger partial charge < -0.3 is 15.1 Å². The van der Waals surface area contributed by atoms with Crippen molar-refractivity contribution in [2.75, 3.05) is 33.7 Å². The second kappa shape index (κ2) is 6.73. The van der Waals surface area contributed by atoms with Crippen LogP contribution in [0.5, 0.6) is 0 Å². The molecular weight excluding hydrogens is 230 g/mol. The zero-order chi connectivity index (χ0) is 13.7. The standard InChI is InChI=1S/C13H25N3O2/c1-5-6-11-7-16(10(2)17)8-12(11)14-13(18)9-15(3)4/h11-12H,5-9H2,1-4H3,(H,14,18)/t11-,12-/m0/s1. The van der Waals surface area contributed by atoms with Gasteiger partial charge in [-0.25, -0.2) is 0 Å². The predicted octanol–water partition coefficient (Wildman–Crippen LogP) is 0.311. The van der Waals surface area contributed by atoms with Crippen molar-refractivity contribution < 1.29 is 9.59 Å². The van der Waals surface area contributed by atoms with E-state index in [1.165, 1.54) is 0 Å². The highest BCUT2D eigenvalue weighted by atomic mass is 16.2. The molecule has 5 nitrogen and oxygen atoms in total. The lowest BCUT2D eigenvalue weighted by atomic mass is 9.98. The third kappa shape index (κ3) is 4.29. The Labute approximate surface area is 110 Å². The number of nitrogens with one attached hydrogen (secondary N) is 1. The molecular formula is C13H25N3O2. The summed E-state index contributed by atoms with van der Waals surface area (Å²) in [5.74, 6) is 0.530. The predicted molar refractivity (Wildman–Crippen MR) is 71.1 cm³/mol. The van der Waals surface area contributed by atoms with Gasteiger partial charge >= 0.3 is 0 Å². The van der Waals surface area contributed by atoms with Gasteiger partial charge in [-0.2, -0.15) is 0 Å². The van der Waals surface area contributed by atoms with E-state index in [2.05, 4.69) is 12.2 Å². The van der Waals surface area contributed by atoms with E-state index in [1.807, 2.05) is 23.9 Å². The lowest BCUT2D eigenvalue weighted by molar-refractivity contribution is -0.128. The summed E-state index contributed by atoms with van der Waals surface area (Å²) in [5, 5.41) is 3.06. The summed E-state index contributed by atoms with van der Waals surface area (Å²) in [6, 6.07) is 0.112. The van der Waals surface area contributed by atoms with E-state index >= 15 is 0 Å². The number of rotatable bonds is 5. The van der Waals surface area contributed by atoms with Crippen molar-refractivity contribution in [3.63, 3.8) is 0 Å². The summed E-state index contributed by atoms with van der Waals surface area (Å²) in [4.78, 5) is 26.9. The van der Waals surface area contributed by atoms with Gasteiger partial charge in [-0.05, 0) is 26.4 Å². The Kier molecular flexibility index (Phi) is 5.59. The molecule has 104 valence electrons. The molecule has 1 rings (SSSR count). The molecule has 18 heavy (non-hydrogen) atoms. The fourth-order valence-electron chi connectivity index (χ4n) is 2.49. The molecule has 1 N–H and O–H groups in total. The topological polar surface area (TPSA) is 52.7 Å². The van der Waals surface area contributed by atoms with E-state index in [0.717, 1.165) is 19.4 Å². The van der Waals surface area contributed by atoms with Crippen molar-refractivity contribution in [3.05, 3.63) is 0 Å². The Morgan fingerprint density at radius 2 is 2.00 bits per heavy atom. The number of likely N-dealkylation sites (N-methyl/N-ethyl adjacent to an activating group) is 1. The summed E-state index contributed by atoms with van der Waals surface area (Å²) in [7, 11) is 3.75. The molecule has 1 fully saturated rings. The molecule has 0 radical (unpaired) electrons. The Morgan fingerprint density at radius 3 is 2.50 bits per heavy atom. The number of likely N-dealkylation sites (tertiary alicyclic amines) is 1. The second-order valence-corrected chi connectivity index (χ2v) is 5.38. The Balaban J connectivity index is 2.55. The molecule has 0 bridgehead atoms. The van der Waals surface area contributed by atoms with Gasteiger partial charge in [-0.3, -0.25) is 9.59 Å². The summed E-state index contributed by atoms with van der Waals surface area (Å²) < 4.78 is 0. The van der Waals surface area contributed by atoms with Crippen LogP contribution in [0.3, 0.4) is 0 Å². The van der Waals surface area contributed by atoms with E-state index in [1.54, 1.807) is 6.92 Å². The van der Waals surface area contributed by atoms with Gasteiger partial charge in [0.25, 0.3) is 0 Å². The van der Waals surface area contributed by atoms with Crippen LogP contribution in [-0.4, -0.2) is 61.4 Å². The molecule has 0 spiro atoms. The molecule has 1 aliphatic heterocycles. The van der Waals surface area contributed by atoms with Gasteiger partial charge in [0, 0.05) is 20.0 Å². The van der Waals surface area contributed by atoms with Gasteiger partial charge in [-0.15, -0.1) is 0 Å². The molecule has 1 aliphatic rings. The first kappa shape index (κ1) is 15.0. The largest absolute Gasteiger partial charge is 0.350 e. The number of carbonyl (C=O) groups is 2. The smallest absolute Gasteiger partial charge is 0.234 e. The van der Waals surface area contributed by atoms with E-state index < -0.39 is 0 Å². The van der Waals surface area contributed by atoms with Gasteiger partial charge in [0.2, 0.25) is 11.8 Å². The maximum atomic E-state index is 11.8. The molecule has 1 heterocycles. The minimum Gasteiger partial charge on any atom is -0.350 e. The molecule has 2 amide bonds. The van der Waals surface area contributed by atoms with Crippen molar-refractivity contribution in [2.45, 2.75) is 32.7 Å². The van der Waals surface area contributed by atoms with Crippen LogP contribution >= 0.6 is 0 Å². The van der Waals surface area contributed by atoms with Gasteiger partial charge in [0.15, 0.2) is 0 Å². The van der Waals surface area contributed by atoms with Crippen LogP contribution in [0.2, 0.25) is 0 Å². The number of carbonyl (C=O) groups excluding carboxylic acids is 2. The summed E-state index contributed by atoms with van der Waals surface area (Å²) in [5.41, 5.74) is 0. The third-order valence-electron chi connectivity index (χ3n) is 3.35. The highest BCUT2D eigenvalue weighted by molar-refractivity contribution is 5.79. The van der Waals surface area contributed by atoms with Gasteiger partial charge in [0.05, 0.1) is 12.6 Å². The monoisotopic (exact) mass is 255 g/mol. The van der Waals surface area contributed by atoms with Crippen LogP contribution in [0.15, 0.2) is 0 Å². The Hall–Kier alpha value is -1.10. The molecule has 0 aromatic heterocycles. The maximum Gasteiger partial charge on any atom is 0.234 e. The summed E-state index contributed by atoms with van der Waals surface area (Å²) >= 11 is 0. The van der Waals surface area contributed by atoms with Crippen LogP contribution in [0.25, 0.3) is 0 Å². The summed E-state index contributed by atoms with van der Waals surface area (Å²) in [6.07, 6.45) is 2.13. The highest BCUT2D eigenvalue weighted by Crippen LogP contribution is 2.21. The number of hydrogen-bond acceptors (Lipinski definition) is 3. The molecule has 0 saturated carbocycles. The van der Waals surface area contributed by atoms with Gasteiger partial charge in [-0.1, -0.05) is 13.3 Å². The Bertz CT molecular complexity index is 305. The number of nitrogens with zero attached hydrogens (tertiary/aromatic N) is 2. The molecule has 0 aromatic carbocycles. The second-order valence-electron chi connectivity index (χ2n) is 5.38. The van der Waals surface area contributed by atoms with Crippen molar-refractivity contribution >= 4 is 11.8 Å². The van der Waals surface area contributed by atoms with Crippen molar-refractivity contribution in [1.29, 1.82) is 0 Å². The molecule has 1 saturated heterocycles. The van der Waals surface area contributed by atoms with Crippen LogP contribution in [0, 0.1) is 5.92 Å². The van der Waals surface area contributed by atoms with Crippen LogP contribution in [0.1, 0.15) is 26.7 Å². The average Bonchev–Trinajstić information content (AvgIpc) is 2.61. The number of amides is 2. The minimum atomic E-state index is 0.0384. The van der Waals surface area contributed by atoms with Crippen molar-refractivity contribution in [1.82, 2.24) is 15.1 Å². The molecule has 5 heteroatoms. The quantitative estimate of drug-likeness (QED) is 0.769. The SMILES string of the molecule is CCC[C@H]1CN(C(C)=O)C[C@@H]1NC(=O)CN(C)C. The zero-order valence-corrected chi connectivity index (χ0v) is 11.9. The maximum absolute atomic E-state index is 11.8. The van der Waals surface area contributed by atoms with Crippen LogP contribution in [0.4, 0.5) is 0 Å². The Morgan fingerprint density at radius 1 is 1.33 bits per heavy atom. The molecule has 0 unspecified atom stereocenters. The summed E-state index contributed by atoms with van der Waals surface area (Å²) in [6.45, 7) is 5.55. The molecule has 0 aromatic rings. The van der Waals surface area contributed by atoms with Crippen molar-refractivity contribution in [2.24, 2.45) is 5.92 Å². The first-order chi connectivity index (χ1) is 8.43.